The van der Waals surface area contributed by atoms with Crippen LogP contribution in [-0.2, 0) is 16.1 Å². The van der Waals surface area contributed by atoms with Gasteiger partial charge in [-0.25, -0.2) is 0 Å². The number of allylic oxidation sites excluding steroid dienone is 1. The smallest absolute Gasteiger partial charge is 0.247 e. The van der Waals surface area contributed by atoms with Gasteiger partial charge < -0.3 is 10.2 Å². The topological polar surface area (TPSA) is 49.4 Å². The Balaban J connectivity index is 1.59. The standard InChI is InChI=1S/C25H28N2O2/c1-17(2)19-12-14-20(15-13-19)23(24(28)26-16-18-8-4-3-5-9-18)27-22-11-7-6-10-21(22)25(27)29/h3-9,12-15,17,21-23H,10-11,16H2,1-2H3,(H,26,28)/t21-,22+,23?/m1/s1. The second kappa shape index (κ2) is 8.24. The van der Waals surface area contributed by atoms with Crippen LogP contribution in [-0.4, -0.2) is 22.8 Å². The molecule has 0 spiro atoms. The van der Waals surface area contributed by atoms with Crippen molar-refractivity contribution >= 4 is 11.8 Å². The van der Waals surface area contributed by atoms with Crippen molar-refractivity contribution in [2.75, 3.05) is 0 Å². The number of fused-ring (bicyclic) bond motifs is 1. The molecule has 0 bridgehead atoms. The Labute approximate surface area is 172 Å². The molecule has 0 radical (unpaired) electrons. The minimum Gasteiger partial charge on any atom is -0.350 e. The molecule has 0 saturated carbocycles. The van der Waals surface area contributed by atoms with Crippen LogP contribution in [0.2, 0.25) is 0 Å². The summed E-state index contributed by atoms with van der Waals surface area (Å²) in [6.07, 6.45) is 5.81. The quantitative estimate of drug-likeness (QED) is 0.591. The molecule has 2 aromatic rings. The van der Waals surface area contributed by atoms with Crippen LogP contribution in [0.3, 0.4) is 0 Å². The van der Waals surface area contributed by atoms with E-state index in [2.05, 4.69) is 43.4 Å². The maximum Gasteiger partial charge on any atom is 0.247 e. The van der Waals surface area contributed by atoms with Crippen LogP contribution in [0.4, 0.5) is 0 Å². The zero-order chi connectivity index (χ0) is 20.4. The van der Waals surface area contributed by atoms with Crippen LogP contribution in [0.25, 0.3) is 0 Å². The molecule has 2 amide bonds. The fraction of sp³-hybridized carbons (Fsp3) is 0.360. The number of β-lactam (4-membered cyclic amide) rings is 1. The first-order valence-corrected chi connectivity index (χ1v) is 10.4. The van der Waals surface area contributed by atoms with E-state index in [0.29, 0.717) is 12.5 Å². The molecule has 1 heterocycles. The van der Waals surface area contributed by atoms with E-state index >= 15 is 0 Å². The minimum absolute atomic E-state index is 0.0272. The molecule has 1 N–H and O–H groups in total. The van der Waals surface area contributed by atoms with Gasteiger partial charge in [0.1, 0.15) is 6.04 Å². The maximum atomic E-state index is 13.3. The van der Waals surface area contributed by atoms with Crippen LogP contribution in [0.1, 0.15) is 55.3 Å². The summed E-state index contributed by atoms with van der Waals surface area (Å²) in [4.78, 5) is 27.9. The molecular weight excluding hydrogens is 360 g/mol. The second-order valence-electron chi connectivity index (χ2n) is 8.29. The van der Waals surface area contributed by atoms with Crippen LogP contribution >= 0.6 is 0 Å². The largest absolute Gasteiger partial charge is 0.350 e. The minimum atomic E-state index is -0.583. The van der Waals surface area contributed by atoms with Crippen molar-refractivity contribution in [3.05, 3.63) is 83.4 Å². The first-order valence-electron chi connectivity index (χ1n) is 10.4. The second-order valence-corrected chi connectivity index (χ2v) is 8.29. The first kappa shape index (κ1) is 19.4. The Morgan fingerprint density at radius 3 is 2.34 bits per heavy atom. The number of carbonyl (C=O) groups is 2. The van der Waals surface area contributed by atoms with E-state index in [9.17, 15) is 9.59 Å². The molecule has 0 aromatic heterocycles. The van der Waals surface area contributed by atoms with E-state index in [1.165, 1.54) is 5.56 Å². The number of hydrogen-bond acceptors (Lipinski definition) is 2. The van der Waals surface area contributed by atoms with Gasteiger partial charge in [-0.15, -0.1) is 0 Å². The number of hydrogen-bond donors (Lipinski definition) is 1. The van der Waals surface area contributed by atoms with E-state index in [-0.39, 0.29) is 23.8 Å². The Morgan fingerprint density at radius 2 is 1.66 bits per heavy atom. The highest BCUT2D eigenvalue weighted by molar-refractivity contribution is 5.94. The van der Waals surface area contributed by atoms with Crippen molar-refractivity contribution < 1.29 is 9.59 Å². The summed E-state index contributed by atoms with van der Waals surface area (Å²) >= 11 is 0. The maximum absolute atomic E-state index is 13.3. The summed E-state index contributed by atoms with van der Waals surface area (Å²) in [7, 11) is 0. The average Bonchev–Trinajstić information content (AvgIpc) is 2.76. The number of rotatable bonds is 6. The monoisotopic (exact) mass is 388 g/mol. The molecule has 150 valence electrons. The Morgan fingerprint density at radius 1 is 1.00 bits per heavy atom. The lowest BCUT2D eigenvalue weighted by Crippen LogP contribution is -2.64. The van der Waals surface area contributed by atoms with Crippen LogP contribution < -0.4 is 5.32 Å². The summed E-state index contributed by atoms with van der Waals surface area (Å²) in [6, 6.07) is 17.5. The average molecular weight is 389 g/mol. The van der Waals surface area contributed by atoms with Gasteiger partial charge in [0, 0.05) is 12.6 Å². The van der Waals surface area contributed by atoms with Gasteiger partial charge in [0.15, 0.2) is 0 Å². The first-order chi connectivity index (χ1) is 14.1. The third kappa shape index (κ3) is 3.84. The Kier molecular flexibility index (Phi) is 5.52. The predicted molar refractivity (Wildman–Crippen MR) is 114 cm³/mol. The molecule has 29 heavy (non-hydrogen) atoms. The molecule has 4 nitrogen and oxygen atoms in total. The van der Waals surface area contributed by atoms with Crippen molar-refractivity contribution in [2.24, 2.45) is 5.92 Å². The SMILES string of the molecule is CC(C)c1ccc(C(C(=O)NCc2ccccc2)N2C(=O)[C@@H]3CC=CC[C@@H]32)cc1. The fourth-order valence-corrected chi connectivity index (χ4v) is 4.35. The van der Waals surface area contributed by atoms with Gasteiger partial charge in [0.05, 0.1) is 5.92 Å². The van der Waals surface area contributed by atoms with E-state index < -0.39 is 6.04 Å². The number of nitrogens with zero attached hydrogens (tertiary/aromatic N) is 1. The molecule has 1 fully saturated rings. The molecule has 1 aliphatic heterocycles. The van der Waals surface area contributed by atoms with Gasteiger partial charge in [-0.05, 0) is 35.4 Å². The lowest BCUT2D eigenvalue weighted by Gasteiger charge is -2.51. The molecule has 1 aliphatic carbocycles. The number of nitrogens with one attached hydrogen (secondary N) is 1. The van der Waals surface area contributed by atoms with Crippen molar-refractivity contribution in [3.8, 4) is 0 Å². The highest BCUT2D eigenvalue weighted by atomic mass is 16.2. The Bertz CT molecular complexity index is 902. The van der Waals surface area contributed by atoms with Crippen molar-refractivity contribution in [2.45, 2.75) is 51.2 Å². The number of likely N-dealkylation sites (tertiary alicyclic amines) is 1. The normalized spacial score (nSPS) is 21.5. The molecule has 2 aliphatic rings. The summed E-state index contributed by atoms with van der Waals surface area (Å²) in [6.45, 7) is 4.75. The van der Waals surface area contributed by atoms with Crippen molar-refractivity contribution in [1.29, 1.82) is 0 Å². The molecule has 4 rings (SSSR count). The van der Waals surface area contributed by atoms with Gasteiger partial charge in [-0.3, -0.25) is 9.59 Å². The summed E-state index contributed by atoms with van der Waals surface area (Å²) in [5.41, 5.74) is 3.15. The zero-order valence-corrected chi connectivity index (χ0v) is 17.0. The molecule has 1 saturated heterocycles. The third-order valence-electron chi connectivity index (χ3n) is 6.08. The summed E-state index contributed by atoms with van der Waals surface area (Å²) in [5, 5.41) is 3.05. The van der Waals surface area contributed by atoms with E-state index in [0.717, 1.165) is 24.0 Å². The predicted octanol–water partition coefficient (Wildman–Crippen LogP) is 4.34. The molecule has 3 atom stereocenters. The molecule has 1 unspecified atom stereocenters. The number of carbonyl (C=O) groups excluding carboxylic acids is 2. The van der Waals surface area contributed by atoms with Gasteiger partial charge >= 0.3 is 0 Å². The highest BCUT2D eigenvalue weighted by Gasteiger charge is 2.51. The zero-order valence-electron chi connectivity index (χ0n) is 17.0. The summed E-state index contributed by atoms with van der Waals surface area (Å²) < 4.78 is 0. The molecular formula is C25H28N2O2. The summed E-state index contributed by atoms with van der Waals surface area (Å²) in [5.74, 6) is 0.423. The number of benzene rings is 2. The fourth-order valence-electron chi connectivity index (χ4n) is 4.35. The van der Waals surface area contributed by atoms with Crippen molar-refractivity contribution in [1.82, 2.24) is 10.2 Å². The highest BCUT2D eigenvalue weighted by Crippen LogP contribution is 2.41. The third-order valence-corrected chi connectivity index (χ3v) is 6.08. The molecule has 2 aromatic carbocycles. The van der Waals surface area contributed by atoms with Gasteiger partial charge in [0.25, 0.3) is 0 Å². The number of amides is 2. The van der Waals surface area contributed by atoms with E-state index in [1.54, 1.807) is 4.90 Å². The van der Waals surface area contributed by atoms with Crippen LogP contribution in [0.5, 0.6) is 0 Å². The van der Waals surface area contributed by atoms with Gasteiger partial charge in [-0.2, -0.15) is 0 Å². The van der Waals surface area contributed by atoms with E-state index in [1.807, 2.05) is 42.5 Å². The van der Waals surface area contributed by atoms with Crippen LogP contribution in [0.15, 0.2) is 66.7 Å². The Hall–Kier alpha value is -2.88. The lowest BCUT2D eigenvalue weighted by molar-refractivity contribution is -0.165. The van der Waals surface area contributed by atoms with E-state index in [4.69, 9.17) is 0 Å². The van der Waals surface area contributed by atoms with Crippen molar-refractivity contribution in [3.63, 3.8) is 0 Å². The van der Waals surface area contributed by atoms with Crippen LogP contribution in [0, 0.1) is 5.92 Å². The van der Waals surface area contributed by atoms with Gasteiger partial charge in [-0.1, -0.05) is 80.6 Å². The van der Waals surface area contributed by atoms with Gasteiger partial charge in [0.2, 0.25) is 11.8 Å². The lowest BCUT2D eigenvalue weighted by atomic mass is 9.77. The molecule has 4 heteroatoms.